The van der Waals surface area contributed by atoms with Crippen molar-refractivity contribution in [2.24, 2.45) is 0 Å². The Kier molecular flexibility index (Phi) is 5.06. The molecular weight excluding hydrogens is 450 g/mol. The third-order valence-electron chi connectivity index (χ3n) is 5.40. The maximum Gasteiger partial charge on any atom is 0.304 e. The molecule has 0 spiro atoms. The number of carbonyl (C=O) groups excluding carboxylic acids is 2. The van der Waals surface area contributed by atoms with E-state index in [2.05, 4.69) is 4.98 Å². The normalized spacial score (nSPS) is 15.1. The Morgan fingerprint density at radius 2 is 1.67 bits per heavy atom. The predicted octanol–water partition coefficient (Wildman–Crippen LogP) is 6.06. The number of benzene rings is 3. The van der Waals surface area contributed by atoms with Crippen LogP contribution in [0, 0.1) is 11.6 Å². The van der Waals surface area contributed by atoms with Crippen molar-refractivity contribution in [2.45, 2.75) is 13.2 Å². The monoisotopic (exact) mass is 464 g/mol. The second-order valence-corrected chi connectivity index (χ2v) is 7.97. The van der Waals surface area contributed by atoms with Gasteiger partial charge < -0.3 is 4.74 Å². The highest BCUT2D eigenvalue weighted by atomic mass is 35.5. The lowest BCUT2D eigenvalue weighted by Gasteiger charge is -2.25. The molecule has 0 N–H and O–H groups in total. The summed E-state index contributed by atoms with van der Waals surface area (Å²) in [6, 6.07) is 16.0. The number of esters is 1. The van der Waals surface area contributed by atoms with E-state index < -0.39 is 29.7 Å². The van der Waals surface area contributed by atoms with Crippen LogP contribution in [-0.4, -0.2) is 16.9 Å². The molecule has 2 heterocycles. The van der Waals surface area contributed by atoms with Gasteiger partial charge in [-0.3, -0.25) is 14.5 Å². The minimum atomic E-state index is -1.18. The van der Waals surface area contributed by atoms with Gasteiger partial charge in [0.15, 0.2) is 0 Å². The number of anilines is 1. The summed E-state index contributed by atoms with van der Waals surface area (Å²) in [5.74, 6) is -2.17. The van der Waals surface area contributed by atoms with Crippen LogP contribution in [0.25, 0.3) is 22.2 Å². The van der Waals surface area contributed by atoms with Crippen molar-refractivity contribution in [3.63, 3.8) is 0 Å². The standard InChI is InChI=1S/C25H15ClF2N2O3/c1-13(31)33-25-22-21(24(32)30(25)18-9-6-16(27)7-10-18)19-12-17(28)8-11-20(19)29-23(22)14-2-4-15(26)5-3-14/h2-12,25H,1H3. The SMILES string of the molecule is CC(=O)OC1c2c(-c3ccc(Cl)cc3)nc3ccc(F)cc3c2C(=O)N1c1ccc(F)cc1. The topological polar surface area (TPSA) is 59.5 Å². The molecule has 1 aliphatic rings. The zero-order valence-electron chi connectivity index (χ0n) is 17.2. The molecule has 33 heavy (non-hydrogen) atoms. The Morgan fingerprint density at radius 1 is 1.00 bits per heavy atom. The first-order valence-corrected chi connectivity index (χ1v) is 10.4. The number of halogens is 3. The van der Waals surface area contributed by atoms with E-state index in [1.165, 1.54) is 54.3 Å². The van der Waals surface area contributed by atoms with Crippen LogP contribution in [0.15, 0.2) is 66.7 Å². The molecule has 3 aromatic carbocycles. The Morgan fingerprint density at radius 3 is 2.33 bits per heavy atom. The molecule has 164 valence electrons. The molecule has 8 heteroatoms. The summed E-state index contributed by atoms with van der Waals surface area (Å²) in [4.78, 5) is 31.7. The summed E-state index contributed by atoms with van der Waals surface area (Å²) in [6.07, 6.45) is -1.18. The summed E-state index contributed by atoms with van der Waals surface area (Å²) < 4.78 is 33.3. The third-order valence-corrected chi connectivity index (χ3v) is 5.65. The average molecular weight is 465 g/mol. The number of hydrogen-bond acceptors (Lipinski definition) is 4. The molecule has 5 rings (SSSR count). The van der Waals surface area contributed by atoms with Crippen LogP contribution in [-0.2, 0) is 9.53 Å². The largest absolute Gasteiger partial charge is 0.437 e. The summed E-state index contributed by atoms with van der Waals surface area (Å²) in [7, 11) is 0. The molecule has 0 aliphatic carbocycles. The predicted molar refractivity (Wildman–Crippen MR) is 120 cm³/mol. The molecule has 1 atom stereocenters. The fourth-order valence-electron chi connectivity index (χ4n) is 4.03. The van der Waals surface area contributed by atoms with E-state index in [0.29, 0.717) is 33.0 Å². The molecule has 1 amide bonds. The molecule has 1 unspecified atom stereocenters. The van der Waals surface area contributed by atoms with Gasteiger partial charge in [-0.25, -0.2) is 13.8 Å². The van der Waals surface area contributed by atoms with Gasteiger partial charge in [0.1, 0.15) is 11.6 Å². The van der Waals surface area contributed by atoms with Gasteiger partial charge in [-0.1, -0.05) is 23.7 Å². The zero-order valence-corrected chi connectivity index (χ0v) is 17.9. The summed E-state index contributed by atoms with van der Waals surface area (Å²) in [5, 5.41) is 0.799. The lowest BCUT2D eigenvalue weighted by atomic mass is 9.97. The van der Waals surface area contributed by atoms with Gasteiger partial charge >= 0.3 is 5.97 Å². The Balaban J connectivity index is 1.84. The van der Waals surface area contributed by atoms with Gasteiger partial charge in [0.05, 0.1) is 22.3 Å². The van der Waals surface area contributed by atoms with Crippen molar-refractivity contribution in [3.05, 3.63) is 94.5 Å². The molecule has 0 saturated heterocycles. The quantitative estimate of drug-likeness (QED) is 0.346. The number of rotatable bonds is 3. The van der Waals surface area contributed by atoms with E-state index >= 15 is 0 Å². The van der Waals surface area contributed by atoms with Gasteiger partial charge in [0.2, 0.25) is 6.23 Å². The summed E-state index contributed by atoms with van der Waals surface area (Å²) >= 11 is 6.04. The number of hydrogen-bond donors (Lipinski definition) is 0. The summed E-state index contributed by atoms with van der Waals surface area (Å²) in [5.41, 5.74) is 2.23. The molecule has 5 nitrogen and oxygen atoms in total. The average Bonchev–Trinajstić information content (AvgIpc) is 3.06. The van der Waals surface area contributed by atoms with E-state index in [1.807, 2.05) is 0 Å². The van der Waals surface area contributed by atoms with Crippen molar-refractivity contribution < 1.29 is 23.1 Å². The number of aromatic nitrogens is 1. The smallest absolute Gasteiger partial charge is 0.304 e. The van der Waals surface area contributed by atoms with Crippen LogP contribution in [0.5, 0.6) is 0 Å². The highest BCUT2D eigenvalue weighted by Gasteiger charge is 2.44. The molecule has 0 fully saturated rings. The van der Waals surface area contributed by atoms with Crippen LogP contribution < -0.4 is 4.90 Å². The maximum absolute atomic E-state index is 14.2. The number of nitrogens with zero attached hydrogens (tertiary/aromatic N) is 2. The molecule has 1 aliphatic heterocycles. The molecule has 0 radical (unpaired) electrons. The van der Waals surface area contributed by atoms with Crippen LogP contribution in [0.2, 0.25) is 5.02 Å². The lowest BCUT2D eigenvalue weighted by Crippen LogP contribution is -2.30. The minimum Gasteiger partial charge on any atom is -0.437 e. The van der Waals surface area contributed by atoms with Gasteiger partial charge in [-0.2, -0.15) is 0 Å². The van der Waals surface area contributed by atoms with Crippen LogP contribution in [0.1, 0.15) is 29.1 Å². The molecule has 0 bridgehead atoms. The maximum atomic E-state index is 14.2. The van der Waals surface area contributed by atoms with E-state index in [1.54, 1.807) is 24.3 Å². The van der Waals surface area contributed by atoms with Crippen molar-refractivity contribution in [1.82, 2.24) is 4.98 Å². The van der Waals surface area contributed by atoms with E-state index in [-0.39, 0.29) is 10.9 Å². The Labute approximate surface area is 192 Å². The number of amides is 1. The van der Waals surface area contributed by atoms with E-state index in [9.17, 15) is 18.4 Å². The van der Waals surface area contributed by atoms with Crippen molar-refractivity contribution >= 4 is 40.1 Å². The second kappa shape index (κ2) is 7.94. The lowest BCUT2D eigenvalue weighted by molar-refractivity contribution is -0.146. The van der Waals surface area contributed by atoms with Gasteiger partial charge in [0.25, 0.3) is 5.91 Å². The zero-order chi connectivity index (χ0) is 23.3. The first-order chi connectivity index (χ1) is 15.8. The van der Waals surface area contributed by atoms with E-state index in [4.69, 9.17) is 16.3 Å². The highest BCUT2D eigenvalue weighted by molar-refractivity contribution is 6.30. The van der Waals surface area contributed by atoms with Crippen LogP contribution in [0.4, 0.5) is 14.5 Å². The Bertz CT molecular complexity index is 1420. The number of ether oxygens (including phenoxy) is 1. The molecule has 0 saturated carbocycles. The number of pyridine rings is 1. The fourth-order valence-corrected chi connectivity index (χ4v) is 4.15. The second-order valence-electron chi connectivity index (χ2n) is 7.53. The molecule has 4 aromatic rings. The first kappa shape index (κ1) is 21.0. The minimum absolute atomic E-state index is 0.167. The van der Waals surface area contributed by atoms with Gasteiger partial charge in [-0.15, -0.1) is 0 Å². The Hall–Kier alpha value is -3.84. The van der Waals surface area contributed by atoms with Crippen molar-refractivity contribution in [2.75, 3.05) is 4.90 Å². The van der Waals surface area contributed by atoms with Crippen LogP contribution in [0.3, 0.4) is 0 Å². The highest BCUT2D eigenvalue weighted by Crippen LogP contribution is 2.45. The number of fused-ring (bicyclic) bond motifs is 3. The van der Waals surface area contributed by atoms with Crippen molar-refractivity contribution in [1.29, 1.82) is 0 Å². The third kappa shape index (κ3) is 3.60. The van der Waals surface area contributed by atoms with Gasteiger partial charge in [-0.05, 0) is 54.6 Å². The molecule has 1 aromatic heterocycles. The van der Waals surface area contributed by atoms with Crippen molar-refractivity contribution in [3.8, 4) is 11.3 Å². The molecular formula is C25H15ClF2N2O3. The van der Waals surface area contributed by atoms with Crippen LogP contribution >= 0.6 is 11.6 Å². The summed E-state index contributed by atoms with van der Waals surface area (Å²) in [6.45, 7) is 1.22. The first-order valence-electron chi connectivity index (χ1n) is 9.99. The number of carbonyl (C=O) groups is 2. The fraction of sp³-hybridized carbons (Fsp3) is 0.0800. The van der Waals surface area contributed by atoms with E-state index in [0.717, 1.165) is 0 Å². The van der Waals surface area contributed by atoms with Gasteiger partial charge in [0, 0.05) is 28.6 Å².